The van der Waals surface area contributed by atoms with Crippen LogP contribution in [0.2, 0.25) is 0 Å². The summed E-state index contributed by atoms with van der Waals surface area (Å²) in [5.74, 6) is 0.435. The van der Waals surface area contributed by atoms with Crippen molar-refractivity contribution < 1.29 is 4.42 Å². The van der Waals surface area contributed by atoms with Gasteiger partial charge in [0.2, 0.25) is 0 Å². The Kier molecular flexibility index (Phi) is 4.58. The molecule has 8 heteroatoms. The second kappa shape index (κ2) is 7.75. The quantitative estimate of drug-likeness (QED) is 0.181. The monoisotopic (exact) mass is 452 g/mol. The first-order valence-corrected chi connectivity index (χ1v) is 11.3. The van der Waals surface area contributed by atoms with E-state index in [0.717, 1.165) is 27.4 Å². The predicted octanol–water partition coefficient (Wildman–Crippen LogP) is 4.66. The predicted molar refractivity (Wildman–Crippen MR) is 129 cm³/mol. The van der Waals surface area contributed by atoms with Crippen LogP contribution >= 0.6 is 11.8 Å². The Balaban J connectivity index is 1.44. The number of nitrogens with zero attached hydrogens (tertiary/aromatic N) is 3. The van der Waals surface area contributed by atoms with Crippen molar-refractivity contribution in [3.8, 4) is 5.69 Å². The van der Waals surface area contributed by atoms with E-state index in [2.05, 4.69) is 15.1 Å². The van der Waals surface area contributed by atoms with E-state index in [1.165, 1.54) is 24.0 Å². The smallest absolute Gasteiger partial charge is 0.336 e. The summed E-state index contributed by atoms with van der Waals surface area (Å²) in [7, 11) is 0. The molecule has 0 atom stereocenters. The van der Waals surface area contributed by atoms with Gasteiger partial charge in [0.25, 0.3) is 5.56 Å². The summed E-state index contributed by atoms with van der Waals surface area (Å²) in [6.07, 6.45) is 1.52. The van der Waals surface area contributed by atoms with Crippen molar-refractivity contribution in [2.45, 2.75) is 10.9 Å². The molecule has 0 bridgehead atoms. The first-order valence-electron chi connectivity index (χ1n) is 10.3. The van der Waals surface area contributed by atoms with Crippen LogP contribution in [-0.2, 0) is 5.75 Å². The molecule has 33 heavy (non-hydrogen) atoms. The molecule has 0 amide bonds. The molecule has 0 aliphatic heterocycles. The number of rotatable bonds is 4. The van der Waals surface area contributed by atoms with Gasteiger partial charge in [0.15, 0.2) is 10.8 Å². The highest BCUT2D eigenvalue weighted by molar-refractivity contribution is 7.98. The van der Waals surface area contributed by atoms with Gasteiger partial charge >= 0.3 is 5.63 Å². The number of hydrogen-bond acceptors (Lipinski definition) is 6. The lowest BCUT2D eigenvalue weighted by Gasteiger charge is -2.09. The third-order valence-electron chi connectivity index (χ3n) is 5.50. The Bertz CT molecular complexity index is 1770. The number of fused-ring (bicyclic) bond motifs is 4. The number of benzene rings is 3. The molecule has 0 saturated carbocycles. The van der Waals surface area contributed by atoms with Crippen molar-refractivity contribution in [3.05, 3.63) is 105 Å². The van der Waals surface area contributed by atoms with Gasteiger partial charge < -0.3 is 9.40 Å². The van der Waals surface area contributed by atoms with E-state index in [1.807, 2.05) is 66.7 Å². The van der Waals surface area contributed by atoms with Crippen LogP contribution in [0, 0.1) is 0 Å². The molecule has 3 aromatic heterocycles. The van der Waals surface area contributed by atoms with Crippen molar-refractivity contribution in [1.29, 1.82) is 0 Å². The second-order valence-electron chi connectivity index (χ2n) is 7.54. The van der Waals surface area contributed by atoms with Crippen molar-refractivity contribution in [2.24, 2.45) is 0 Å². The highest BCUT2D eigenvalue weighted by Gasteiger charge is 2.14. The number of H-pyrrole nitrogens is 1. The molecule has 0 spiro atoms. The molecule has 3 aromatic carbocycles. The summed E-state index contributed by atoms with van der Waals surface area (Å²) in [6.45, 7) is 0. The van der Waals surface area contributed by atoms with Gasteiger partial charge in [-0.1, -0.05) is 60.3 Å². The fourth-order valence-corrected chi connectivity index (χ4v) is 4.84. The Hall–Kier alpha value is -4.17. The lowest BCUT2D eigenvalue weighted by atomic mass is 10.0. The minimum absolute atomic E-state index is 0.257. The molecule has 3 heterocycles. The van der Waals surface area contributed by atoms with Crippen molar-refractivity contribution >= 4 is 44.5 Å². The molecule has 160 valence electrons. The molecule has 7 nitrogen and oxygen atoms in total. The normalized spacial score (nSPS) is 11.5. The van der Waals surface area contributed by atoms with Gasteiger partial charge in [0.1, 0.15) is 11.0 Å². The molecular formula is C25H16N4O3S. The van der Waals surface area contributed by atoms with Crippen LogP contribution in [0.15, 0.2) is 98.2 Å². The molecule has 0 radical (unpaired) electrons. The van der Waals surface area contributed by atoms with E-state index in [-0.39, 0.29) is 5.56 Å². The van der Waals surface area contributed by atoms with Crippen LogP contribution in [0.25, 0.3) is 38.5 Å². The van der Waals surface area contributed by atoms with Crippen LogP contribution in [0.4, 0.5) is 0 Å². The highest BCUT2D eigenvalue weighted by Crippen LogP contribution is 2.30. The minimum atomic E-state index is -0.410. The zero-order chi connectivity index (χ0) is 22.4. The summed E-state index contributed by atoms with van der Waals surface area (Å²) < 4.78 is 7.09. The van der Waals surface area contributed by atoms with Crippen molar-refractivity contribution in [2.75, 3.05) is 0 Å². The minimum Gasteiger partial charge on any atom is -0.423 e. The molecular weight excluding hydrogens is 436 g/mol. The number of aromatic amines is 1. The van der Waals surface area contributed by atoms with Crippen molar-refractivity contribution in [3.63, 3.8) is 0 Å². The maximum absolute atomic E-state index is 12.7. The summed E-state index contributed by atoms with van der Waals surface area (Å²) in [4.78, 5) is 32.3. The Morgan fingerprint density at radius 2 is 1.76 bits per heavy atom. The fourth-order valence-electron chi connectivity index (χ4n) is 4.00. The van der Waals surface area contributed by atoms with E-state index >= 15 is 0 Å². The first kappa shape index (κ1) is 19.5. The Morgan fingerprint density at radius 1 is 0.939 bits per heavy atom. The standard InChI is InChI=1S/C25H16N4O3S/c30-21-12-16(22-18-9-5-4-6-15(18)10-11-20(22)32-21)14-33-25-27-23-19(24(31)28-25)13-26-29(23)17-7-2-1-3-8-17/h1-13H,14H2,(H,27,28,31). The molecule has 0 unspecified atom stereocenters. The Labute approximate surface area is 190 Å². The molecule has 0 saturated heterocycles. The maximum atomic E-state index is 12.7. The second-order valence-corrected chi connectivity index (χ2v) is 8.50. The lowest BCUT2D eigenvalue weighted by molar-refractivity contribution is 0.560. The summed E-state index contributed by atoms with van der Waals surface area (Å²) in [6, 6.07) is 22.8. The van der Waals surface area contributed by atoms with Gasteiger partial charge in [-0.15, -0.1) is 0 Å². The molecule has 0 aliphatic rings. The summed E-state index contributed by atoms with van der Waals surface area (Å²) in [5.41, 5.74) is 1.99. The average molecular weight is 452 g/mol. The first-order chi connectivity index (χ1) is 16.2. The molecule has 6 rings (SSSR count). The van der Waals surface area contributed by atoms with Gasteiger partial charge in [-0.05, 0) is 34.5 Å². The zero-order valence-electron chi connectivity index (χ0n) is 17.2. The summed E-state index contributed by atoms with van der Waals surface area (Å²) in [5, 5.41) is 8.17. The average Bonchev–Trinajstić information content (AvgIpc) is 3.27. The third-order valence-corrected chi connectivity index (χ3v) is 6.42. The van der Waals surface area contributed by atoms with Gasteiger partial charge in [-0.2, -0.15) is 5.10 Å². The zero-order valence-corrected chi connectivity index (χ0v) is 18.0. The number of aromatic nitrogens is 4. The van der Waals surface area contributed by atoms with Gasteiger partial charge in [-0.25, -0.2) is 14.5 Å². The van der Waals surface area contributed by atoms with Crippen LogP contribution in [0.5, 0.6) is 0 Å². The van der Waals surface area contributed by atoms with Crippen LogP contribution in [-0.4, -0.2) is 19.7 Å². The number of hydrogen-bond donors (Lipinski definition) is 1. The largest absolute Gasteiger partial charge is 0.423 e. The van der Waals surface area contributed by atoms with Gasteiger partial charge in [0.05, 0.1) is 11.9 Å². The van der Waals surface area contributed by atoms with Gasteiger partial charge in [-0.3, -0.25) is 4.79 Å². The van der Waals surface area contributed by atoms with E-state index in [1.54, 1.807) is 4.68 Å². The lowest BCUT2D eigenvalue weighted by Crippen LogP contribution is -2.10. The fraction of sp³-hybridized carbons (Fsp3) is 0.0400. The van der Waals surface area contributed by atoms with Crippen LogP contribution < -0.4 is 11.2 Å². The van der Waals surface area contributed by atoms with E-state index in [4.69, 9.17) is 4.42 Å². The number of para-hydroxylation sites is 1. The maximum Gasteiger partial charge on any atom is 0.336 e. The summed E-state index contributed by atoms with van der Waals surface area (Å²) >= 11 is 1.35. The molecule has 0 aliphatic carbocycles. The third kappa shape index (κ3) is 3.41. The van der Waals surface area contributed by atoms with Gasteiger partial charge in [0, 0.05) is 17.2 Å². The number of nitrogens with one attached hydrogen (secondary N) is 1. The van der Waals surface area contributed by atoms with E-state index in [9.17, 15) is 9.59 Å². The topological polar surface area (TPSA) is 93.8 Å². The van der Waals surface area contributed by atoms with Crippen LogP contribution in [0.3, 0.4) is 0 Å². The van der Waals surface area contributed by atoms with E-state index < -0.39 is 5.63 Å². The molecule has 1 N–H and O–H groups in total. The Morgan fingerprint density at radius 3 is 2.64 bits per heavy atom. The highest BCUT2D eigenvalue weighted by atomic mass is 32.2. The van der Waals surface area contributed by atoms with E-state index in [0.29, 0.717) is 27.5 Å². The SMILES string of the molecule is O=c1cc(CSc2nc3c(cnn3-c3ccccc3)c(=O)[nH]2)c2c(ccc3ccccc32)o1. The number of thioether (sulfide) groups is 1. The molecule has 0 fully saturated rings. The van der Waals surface area contributed by atoms with Crippen LogP contribution in [0.1, 0.15) is 5.56 Å². The molecule has 6 aromatic rings. The van der Waals surface area contributed by atoms with Crippen molar-refractivity contribution in [1.82, 2.24) is 19.7 Å².